The van der Waals surface area contributed by atoms with Crippen LogP contribution in [0.4, 0.5) is 0 Å². The van der Waals surface area contributed by atoms with Crippen LogP contribution in [0.2, 0.25) is 0 Å². The number of rotatable bonds is 6. The fraction of sp³-hybridized carbons (Fsp3) is 0.727. The molecule has 0 aromatic heterocycles. The Morgan fingerprint density at radius 2 is 1.73 bits per heavy atom. The molecule has 0 fully saturated rings. The van der Waals surface area contributed by atoms with Gasteiger partial charge in [0.1, 0.15) is 0 Å². The quantitative estimate of drug-likeness (QED) is 0.659. The van der Waals surface area contributed by atoms with Gasteiger partial charge in [0.05, 0.1) is 0 Å². The highest BCUT2D eigenvalue weighted by atomic mass is 16.4. The van der Waals surface area contributed by atoms with E-state index in [2.05, 4.69) is 25.3 Å². The normalized spacial score (nSPS) is 9.40. The average Bonchev–Trinajstić information content (AvgIpc) is 2.20. The van der Waals surface area contributed by atoms with Crippen LogP contribution in [0.25, 0.3) is 0 Å². The summed E-state index contributed by atoms with van der Waals surface area (Å²) in [5.41, 5.74) is 0.176. The lowest BCUT2D eigenvalue weighted by Crippen LogP contribution is -2.24. The van der Waals surface area contributed by atoms with Crippen LogP contribution in [-0.4, -0.2) is 47.3 Å². The van der Waals surface area contributed by atoms with Crippen molar-refractivity contribution in [3.8, 4) is 0 Å². The maximum Gasteiger partial charge on any atom is 0.330 e. The second-order valence-corrected chi connectivity index (χ2v) is 3.19. The predicted octanol–water partition coefficient (Wildman–Crippen LogP) is 1.36. The molecular weight excluding hydrogens is 194 g/mol. The molecule has 0 aliphatic carbocycles. The van der Waals surface area contributed by atoms with Crippen molar-refractivity contribution < 1.29 is 15.0 Å². The van der Waals surface area contributed by atoms with Crippen LogP contribution in [0.3, 0.4) is 0 Å². The lowest BCUT2D eigenvalue weighted by atomic mass is 10.4. The molecule has 0 aromatic carbocycles. The third-order valence-corrected chi connectivity index (χ3v) is 1.89. The third kappa shape index (κ3) is 13.1. The number of aliphatic carboxylic acids is 1. The summed E-state index contributed by atoms with van der Waals surface area (Å²) < 4.78 is 0. The Bertz CT molecular complexity index is 165. The minimum absolute atomic E-state index is 0.176. The molecule has 0 saturated heterocycles. The van der Waals surface area contributed by atoms with Crippen molar-refractivity contribution in [1.29, 1.82) is 0 Å². The minimum Gasteiger partial charge on any atom is -0.478 e. The Kier molecular flexibility index (Phi) is 12.4. The summed E-state index contributed by atoms with van der Waals surface area (Å²) in [6.07, 6.45) is 0.904. The molecular formula is C11H23NO3. The molecule has 0 spiro atoms. The van der Waals surface area contributed by atoms with Gasteiger partial charge in [-0.1, -0.05) is 20.4 Å². The van der Waals surface area contributed by atoms with Gasteiger partial charge < -0.3 is 15.1 Å². The Labute approximate surface area is 92.2 Å². The smallest absolute Gasteiger partial charge is 0.330 e. The number of hydrogen-bond acceptors (Lipinski definition) is 3. The Hall–Kier alpha value is -0.870. The van der Waals surface area contributed by atoms with Crippen molar-refractivity contribution in [2.75, 3.05) is 26.2 Å². The first-order chi connectivity index (χ1) is 6.99. The molecule has 4 heteroatoms. The SMILES string of the molecule is C=C(C)C(=O)O.CCN(CC)CCCO. The average molecular weight is 217 g/mol. The molecule has 0 radical (unpaired) electrons. The van der Waals surface area contributed by atoms with Crippen molar-refractivity contribution in [2.24, 2.45) is 0 Å². The van der Waals surface area contributed by atoms with Gasteiger partial charge in [-0.15, -0.1) is 0 Å². The van der Waals surface area contributed by atoms with E-state index < -0.39 is 5.97 Å². The van der Waals surface area contributed by atoms with Crippen LogP contribution in [-0.2, 0) is 4.79 Å². The summed E-state index contributed by atoms with van der Waals surface area (Å²) in [6, 6.07) is 0. The summed E-state index contributed by atoms with van der Waals surface area (Å²) in [4.78, 5) is 11.9. The Morgan fingerprint density at radius 3 is 1.93 bits per heavy atom. The van der Waals surface area contributed by atoms with Crippen LogP contribution in [0.15, 0.2) is 12.2 Å². The van der Waals surface area contributed by atoms with Gasteiger partial charge in [-0.05, 0) is 26.4 Å². The molecule has 0 rings (SSSR count). The van der Waals surface area contributed by atoms with Crippen LogP contribution in [0, 0.1) is 0 Å². The molecule has 2 N–H and O–H groups in total. The van der Waals surface area contributed by atoms with E-state index in [9.17, 15) is 4.79 Å². The first kappa shape index (κ1) is 16.6. The van der Waals surface area contributed by atoms with E-state index in [0.717, 1.165) is 26.1 Å². The summed E-state index contributed by atoms with van der Waals surface area (Å²) in [6.45, 7) is 12.4. The Balaban J connectivity index is 0. The van der Waals surface area contributed by atoms with E-state index in [4.69, 9.17) is 10.2 Å². The lowest BCUT2D eigenvalue weighted by Gasteiger charge is -2.16. The van der Waals surface area contributed by atoms with Gasteiger partial charge in [0.25, 0.3) is 0 Å². The molecule has 0 bridgehead atoms. The highest BCUT2D eigenvalue weighted by Crippen LogP contribution is 1.88. The van der Waals surface area contributed by atoms with Crippen molar-refractivity contribution in [2.45, 2.75) is 27.2 Å². The van der Waals surface area contributed by atoms with Crippen LogP contribution >= 0.6 is 0 Å². The van der Waals surface area contributed by atoms with Gasteiger partial charge >= 0.3 is 5.97 Å². The molecule has 0 aliphatic heterocycles. The standard InChI is InChI=1S/C7H17NO.C4H6O2/c1-3-8(4-2)6-5-7-9;1-3(2)4(5)6/h9H,3-7H2,1-2H3;1H2,2H3,(H,5,6). The minimum atomic E-state index is -0.935. The van der Waals surface area contributed by atoms with Gasteiger partial charge in [-0.3, -0.25) is 0 Å². The van der Waals surface area contributed by atoms with Gasteiger partial charge in [0, 0.05) is 18.7 Å². The molecule has 0 unspecified atom stereocenters. The van der Waals surface area contributed by atoms with Crippen LogP contribution < -0.4 is 0 Å². The van der Waals surface area contributed by atoms with Crippen molar-refractivity contribution in [3.63, 3.8) is 0 Å². The highest BCUT2D eigenvalue weighted by Gasteiger charge is 1.95. The topological polar surface area (TPSA) is 60.8 Å². The van der Waals surface area contributed by atoms with Gasteiger partial charge in [-0.2, -0.15) is 0 Å². The number of hydrogen-bond donors (Lipinski definition) is 2. The second-order valence-electron chi connectivity index (χ2n) is 3.19. The molecule has 0 heterocycles. The zero-order valence-corrected chi connectivity index (χ0v) is 9.99. The number of carboxylic acid groups (broad SMARTS) is 1. The van der Waals surface area contributed by atoms with Crippen molar-refractivity contribution >= 4 is 5.97 Å². The molecule has 0 saturated carbocycles. The van der Waals surface area contributed by atoms with Gasteiger partial charge in [0.2, 0.25) is 0 Å². The monoisotopic (exact) mass is 217 g/mol. The maximum absolute atomic E-state index is 9.60. The van der Waals surface area contributed by atoms with Crippen molar-refractivity contribution in [3.05, 3.63) is 12.2 Å². The molecule has 0 aromatic rings. The zero-order chi connectivity index (χ0) is 12.3. The van der Waals surface area contributed by atoms with Gasteiger partial charge in [0.15, 0.2) is 0 Å². The van der Waals surface area contributed by atoms with Gasteiger partial charge in [-0.25, -0.2) is 4.79 Å². The molecule has 0 atom stereocenters. The molecule has 15 heavy (non-hydrogen) atoms. The second kappa shape index (κ2) is 11.2. The summed E-state index contributed by atoms with van der Waals surface area (Å²) in [7, 11) is 0. The van der Waals surface area contributed by atoms with Crippen LogP contribution in [0.1, 0.15) is 27.2 Å². The predicted molar refractivity (Wildman–Crippen MR) is 61.9 cm³/mol. The number of aliphatic hydroxyl groups excluding tert-OH is 1. The summed E-state index contributed by atoms with van der Waals surface area (Å²) in [5, 5.41) is 16.4. The van der Waals surface area contributed by atoms with E-state index in [0.29, 0.717) is 6.61 Å². The van der Waals surface area contributed by atoms with E-state index in [1.54, 1.807) is 0 Å². The molecule has 0 amide bonds. The first-order valence-electron chi connectivity index (χ1n) is 5.21. The molecule has 0 aliphatic rings. The molecule has 90 valence electrons. The zero-order valence-electron chi connectivity index (χ0n) is 9.99. The van der Waals surface area contributed by atoms with E-state index in [1.165, 1.54) is 6.92 Å². The van der Waals surface area contributed by atoms with E-state index >= 15 is 0 Å². The fourth-order valence-corrected chi connectivity index (χ4v) is 0.834. The molecule has 4 nitrogen and oxygen atoms in total. The first-order valence-corrected chi connectivity index (χ1v) is 5.21. The Morgan fingerprint density at radius 1 is 1.33 bits per heavy atom. The number of nitrogens with zero attached hydrogens (tertiary/aromatic N) is 1. The number of carboxylic acids is 1. The maximum atomic E-state index is 9.60. The fourth-order valence-electron chi connectivity index (χ4n) is 0.834. The van der Waals surface area contributed by atoms with Crippen molar-refractivity contribution in [1.82, 2.24) is 4.90 Å². The highest BCUT2D eigenvalue weighted by molar-refractivity contribution is 5.84. The lowest BCUT2D eigenvalue weighted by molar-refractivity contribution is -0.132. The summed E-state index contributed by atoms with van der Waals surface area (Å²) in [5.74, 6) is -0.935. The summed E-state index contributed by atoms with van der Waals surface area (Å²) >= 11 is 0. The number of aliphatic hydroxyl groups is 1. The van der Waals surface area contributed by atoms with E-state index in [1.807, 2.05) is 0 Å². The van der Waals surface area contributed by atoms with E-state index in [-0.39, 0.29) is 5.57 Å². The largest absolute Gasteiger partial charge is 0.478 e. The van der Waals surface area contributed by atoms with Crippen LogP contribution in [0.5, 0.6) is 0 Å². The third-order valence-electron chi connectivity index (χ3n) is 1.89. The number of carbonyl (C=O) groups is 1.